The normalized spacial score (nSPS) is 22.9. The van der Waals surface area contributed by atoms with E-state index in [0.717, 1.165) is 23.3 Å². The maximum atomic E-state index is 13.8. The van der Waals surface area contributed by atoms with Crippen molar-refractivity contribution >= 4 is 27.7 Å². The van der Waals surface area contributed by atoms with Crippen molar-refractivity contribution in [1.82, 2.24) is 19.6 Å². The predicted molar refractivity (Wildman–Crippen MR) is 106 cm³/mol. The highest BCUT2D eigenvalue weighted by Gasteiger charge is 2.48. The zero-order chi connectivity index (χ0) is 20.8. The molecule has 29 heavy (non-hydrogen) atoms. The van der Waals surface area contributed by atoms with Gasteiger partial charge in [-0.1, -0.05) is 30.3 Å². The average Bonchev–Trinajstić information content (AvgIpc) is 3.04. The number of anilines is 1. The Bertz CT molecular complexity index is 893. The summed E-state index contributed by atoms with van der Waals surface area (Å²) in [4.78, 5) is 16.7. The Kier molecular flexibility index (Phi) is 5.32. The Hall–Kier alpha value is -2.07. The van der Waals surface area contributed by atoms with Gasteiger partial charge in [0.2, 0.25) is 0 Å². The summed E-state index contributed by atoms with van der Waals surface area (Å²) < 4.78 is 42.7. The number of piperazine rings is 1. The fourth-order valence-electron chi connectivity index (χ4n) is 3.79. The van der Waals surface area contributed by atoms with Gasteiger partial charge in [0.15, 0.2) is 11.7 Å². The highest BCUT2D eigenvalue weighted by Crippen LogP contribution is 2.46. The molecule has 1 aromatic carbocycles. The summed E-state index contributed by atoms with van der Waals surface area (Å²) in [6.07, 6.45) is -4.68. The number of nitrogens with one attached hydrogen (secondary N) is 1. The van der Waals surface area contributed by atoms with Crippen molar-refractivity contribution < 1.29 is 18.0 Å². The SMILES string of the molecule is CN1CCN(C(=O)c2nn3c(c2Br)NC(c2ccccc2)CC3C(F)(F)F)CC1. The number of benzene rings is 1. The van der Waals surface area contributed by atoms with Gasteiger partial charge in [-0.2, -0.15) is 18.3 Å². The second-order valence-electron chi connectivity index (χ2n) is 7.45. The van der Waals surface area contributed by atoms with Crippen LogP contribution in [0.25, 0.3) is 0 Å². The van der Waals surface area contributed by atoms with Crippen LogP contribution in [0.2, 0.25) is 0 Å². The Morgan fingerprint density at radius 1 is 1.17 bits per heavy atom. The lowest BCUT2D eigenvalue weighted by Crippen LogP contribution is -2.47. The van der Waals surface area contributed by atoms with E-state index in [4.69, 9.17) is 0 Å². The highest BCUT2D eigenvalue weighted by atomic mass is 79.9. The van der Waals surface area contributed by atoms with Gasteiger partial charge >= 0.3 is 6.18 Å². The third-order valence-electron chi connectivity index (χ3n) is 5.49. The molecular formula is C19H21BrF3N5O. The number of amides is 1. The molecule has 1 fully saturated rings. The van der Waals surface area contributed by atoms with E-state index in [1.165, 1.54) is 0 Å². The molecule has 1 aromatic heterocycles. The van der Waals surface area contributed by atoms with E-state index < -0.39 is 18.3 Å². The number of alkyl halides is 3. The van der Waals surface area contributed by atoms with Crippen LogP contribution < -0.4 is 5.32 Å². The number of nitrogens with zero attached hydrogens (tertiary/aromatic N) is 4. The summed E-state index contributed by atoms with van der Waals surface area (Å²) in [5, 5.41) is 7.25. The minimum atomic E-state index is -4.48. The van der Waals surface area contributed by atoms with Crippen LogP contribution in [0.4, 0.5) is 19.0 Å². The second kappa shape index (κ2) is 7.64. The number of hydrogen-bond donors (Lipinski definition) is 1. The summed E-state index contributed by atoms with van der Waals surface area (Å²) in [6, 6.07) is 6.65. The lowest BCUT2D eigenvalue weighted by atomic mass is 9.97. The first kappa shape index (κ1) is 20.2. The third kappa shape index (κ3) is 3.87. The molecular weight excluding hydrogens is 451 g/mol. The summed E-state index contributed by atoms with van der Waals surface area (Å²) in [7, 11) is 1.97. The van der Waals surface area contributed by atoms with E-state index in [0.29, 0.717) is 13.1 Å². The molecule has 1 amide bonds. The summed E-state index contributed by atoms with van der Waals surface area (Å²) in [5.41, 5.74) is 0.771. The summed E-state index contributed by atoms with van der Waals surface area (Å²) in [6.45, 7) is 2.48. The molecule has 3 heterocycles. The van der Waals surface area contributed by atoms with E-state index in [-0.39, 0.29) is 28.3 Å². The molecule has 156 valence electrons. The van der Waals surface area contributed by atoms with Gasteiger partial charge in [-0.05, 0) is 28.5 Å². The average molecular weight is 472 g/mol. The van der Waals surface area contributed by atoms with Gasteiger partial charge in [-0.15, -0.1) is 0 Å². The Morgan fingerprint density at radius 3 is 2.45 bits per heavy atom. The van der Waals surface area contributed by atoms with Gasteiger partial charge in [0.05, 0.1) is 10.5 Å². The molecule has 0 spiro atoms. The van der Waals surface area contributed by atoms with Crippen LogP contribution in [-0.2, 0) is 0 Å². The van der Waals surface area contributed by atoms with Gasteiger partial charge < -0.3 is 15.1 Å². The van der Waals surface area contributed by atoms with Crippen LogP contribution in [0.15, 0.2) is 34.8 Å². The van der Waals surface area contributed by atoms with Crippen molar-refractivity contribution in [2.24, 2.45) is 0 Å². The molecule has 0 radical (unpaired) electrons. The number of likely N-dealkylation sites (N-methyl/N-ethyl adjacent to an activating group) is 1. The zero-order valence-corrected chi connectivity index (χ0v) is 17.4. The van der Waals surface area contributed by atoms with Gasteiger partial charge in [-0.3, -0.25) is 4.79 Å². The smallest absolute Gasteiger partial charge is 0.362 e. The van der Waals surface area contributed by atoms with Crippen LogP contribution in [0.3, 0.4) is 0 Å². The molecule has 2 aromatic rings. The summed E-state index contributed by atoms with van der Waals surface area (Å²) >= 11 is 3.34. The van der Waals surface area contributed by atoms with Gasteiger partial charge in [0.1, 0.15) is 5.82 Å². The van der Waals surface area contributed by atoms with E-state index in [2.05, 4.69) is 31.2 Å². The van der Waals surface area contributed by atoms with Gasteiger partial charge in [0.25, 0.3) is 5.91 Å². The van der Waals surface area contributed by atoms with Crippen LogP contribution in [0, 0.1) is 0 Å². The van der Waals surface area contributed by atoms with Gasteiger partial charge in [0, 0.05) is 32.6 Å². The van der Waals surface area contributed by atoms with E-state index in [9.17, 15) is 18.0 Å². The number of hydrogen-bond acceptors (Lipinski definition) is 4. The van der Waals surface area contributed by atoms with E-state index in [1.807, 2.05) is 13.1 Å². The quantitative estimate of drug-likeness (QED) is 0.725. The third-order valence-corrected chi connectivity index (χ3v) is 6.24. The zero-order valence-electron chi connectivity index (χ0n) is 15.8. The minimum absolute atomic E-state index is 0.0139. The van der Waals surface area contributed by atoms with Gasteiger partial charge in [-0.25, -0.2) is 4.68 Å². The number of carbonyl (C=O) groups is 1. The predicted octanol–water partition coefficient (Wildman–Crippen LogP) is 3.69. The molecule has 1 N–H and O–H groups in total. The van der Waals surface area contributed by atoms with Crippen molar-refractivity contribution in [3.05, 3.63) is 46.1 Å². The second-order valence-corrected chi connectivity index (χ2v) is 8.24. The first-order valence-electron chi connectivity index (χ1n) is 9.39. The van der Waals surface area contributed by atoms with Crippen molar-refractivity contribution in [3.8, 4) is 0 Å². The Balaban J connectivity index is 1.69. The Morgan fingerprint density at radius 2 is 1.83 bits per heavy atom. The molecule has 6 nitrogen and oxygen atoms in total. The first-order chi connectivity index (χ1) is 13.8. The van der Waals surface area contributed by atoms with Crippen molar-refractivity contribution in [2.45, 2.75) is 24.7 Å². The maximum Gasteiger partial charge on any atom is 0.410 e. The Labute approximate surface area is 174 Å². The van der Waals surface area contributed by atoms with Crippen LogP contribution >= 0.6 is 15.9 Å². The molecule has 4 rings (SSSR count). The van der Waals surface area contributed by atoms with Crippen molar-refractivity contribution in [3.63, 3.8) is 0 Å². The van der Waals surface area contributed by atoms with Crippen LogP contribution in [0.1, 0.15) is 34.6 Å². The van der Waals surface area contributed by atoms with Crippen LogP contribution in [-0.4, -0.2) is 64.9 Å². The highest BCUT2D eigenvalue weighted by molar-refractivity contribution is 9.10. The number of rotatable bonds is 2. The molecule has 0 bridgehead atoms. The monoisotopic (exact) mass is 471 g/mol. The number of fused-ring (bicyclic) bond motifs is 1. The summed E-state index contributed by atoms with van der Waals surface area (Å²) in [5.74, 6) is -0.171. The minimum Gasteiger partial charge on any atom is -0.362 e. The van der Waals surface area contributed by atoms with E-state index in [1.54, 1.807) is 29.2 Å². The first-order valence-corrected chi connectivity index (χ1v) is 10.2. The number of aromatic nitrogens is 2. The van der Waals surface area contributed by atoms with Crippen molar-refractivity contribution in [1.29, 1.82) is 0 Å². The van der Waals surface area contributed by atoms with Crippen LogP contribution in [0.5, 0.6) is 0 Å². The topological polar surface area (TPSA) is 53.4 Å². The molecule has 2 aliphatic heterocycles. The molecule has 0 saturated carbocycles. The van der Waals surface area contributed by atoms with E-state index >= 15 is 0 Å². The lowest BCUT2D eigenvalue weighted by molar-refractivity contribution is -0.173. The molecule has 2 aliphatic rings. The molecule has 2 unspecified atom stereocenters. The van der Waals surface area contributed by atoms with Crippen molar-refractivity contribution in [2.75, 3.05) is 38.5 Å². The molecule has 1 saturated heterocycles. The fourth-order valence-corrected chi connectivity index (χ4v) is 4.33. The number of carbonyl (C=O) groups excluding carboxylic acids is 1. The number of halogens is 4. The lowest BCUT2D eigenvalue weighted by Gasteiger charge is -2.33. The largest absolute Gasteiger partial charge is 0.410 e. The maximum absolute atomic E-state index is 13.8. The molecule has 10 heteroatoms. The fraction of sp³-hybridized carbons (Fsp3) is 0.474. The standard InChI is InChI=1S/C19H21BrF3N5O/c1-26-7-9-27(10-8-26)18(29)16-15(20)17-24-13(12-5-3-2-4-6-12)11-14(19(21,22)23)28(17)25-16/h2-6,13-14,24H,7-11H2,1H3. The molecule has 2 atom stereocenters. The molecule has 0 aliphatic carbocycles.